The smallest absolute Gasteiger partial charge is 0.0546 e. The summed E-state index contributed by atoms with van der Waals surface area (Å²) in [5.74, 6) is 0.753. The van der Waals surface area contributed by atoms with E-state index in [1.54, 1.807) is 0 Å². The van der Waals surface area contributed by atoms with Crippen LogP contribution in [0.5, 0.6) is 0 Å². The van der Waals surface area contributed by atoms with E-state index in [0.717, 1.165) is 31.7 Å². The van der Waals surface area contributed by atoms with Crippen LogP contribution in [-0.4, -0.2) is 49.3 Å². The van der Waals surface area contributed by atoms with Gasteiger partial charge in [-0.3, -0.25) is 4.90 Å². The zero-order valence-corrected chi connectivity index (χ0v) is 14.9. The molecule has 1 saturated heterocycles. The van der Waals surface area contributed by atoms with Gasteiger partial charge in [-0.15, -0.1) is 0 Å². The molecule has 2 aliphatic rings. The van der Waals surface area contributed by atoms with Crippen molar-refractivity contribution in [2.45, 2.75) is 71.9 Å². The normalized spacial score (nSPS) is 27.6. The van der Waals surface area contributed by atoms with Crippen LogP contribution in [0.15, 0.2) is 0 Å². The summed E-state index contributed by atoms with van der Waals surface area (Å²) in [5.41, 5.74) is 0.496. The molecule has 0 aromatic heterocycles. The molecular weight excluding hydrogens is 260 g/mol. The standard InChI is InChI=1S/C18H36N2O/c1-15(2)11-20(16-7-8-16)13-18(9-6-10-21-14-18)12-19-17(3,4)5/h15-16,19H,6-14H2,1-5H3. The summed E-state index contributed by atoms with van der Waals surface area (Å²) in [6, 6.07) is 0.848. The van der Waals surface area contributed by atoms with E-state index < -0.39 is 0 Å². The highest BCUT2D eigenvalue weighted by atomic mass is 16.5. The molecule has 1 N–H and O–H groups in total. The van der Waals surface area contributed by atoms with E-state index in [1.165, 1.54) is 38.8 Å². The molecule has 21 heavy (non-hydrogen) atoms. The summed E-state index contributed by atoms with van der Waals surface area (Å²) in [7, 11) is 0. The van der Waals surface area contributed by atoms with Gasteiger partial charge in [-0.2, -0.15) is 0 Å². The number of hydrogen-bond donors (Lipinski definition) is 1. The number of nitrogens with one attached hydrogen (secondary N) is 1. The van der Waals surface area contributed by atoms with Crippen molar-refractivity contribution in [3.8, 4) is 0 Å². The van der Waals surface area contributed by atoms with Gasteiger partial charge in [0.1, 0.15) is 0 Å². The summed E-state index contributed by atoms with van der Waals surface area (Å²) in [4.78, 5) is 2.75. The summed E-state index contributed by atoms with van der Waals surface area (Å²) in [6.07, 6.45) is 5.32. The van der Waals surface area contributed by atoms with E-state index in [-0.39, 0.29) is 5.54 Å². The van der Waals surface area contributed by atoms with Gasteiger partial charge in [-0.25, -0.2) is 0 Å². The topological polar surface area (TPSA) is 24.5 Å². The average Bonchev–Trinajstić information content (AvgIpc) is 3.20. The maximum absolute atomic E-state index is 5.89. The van der Waals surface area contributed by atoms with Gasteiger partial charge in [-0.1, -0.05) is 13.8 Å². The third-order valence-corrected chi connectivity index (χ3v) is 4.60. The molecule has 1 aliphatic carbocycles. The third-order valence-electron chi connectivity index (χ3n) is 4.60. The Kier molecular flexibility index (Phi) is 5.72. The van der Waals surface area contributed by atoms with Crippen molar-refractivity contribution in [2.24, 2.45) is 11.3 Å². The average molecular weight is 296 g/mol. The van der Waals surface area contributed by atoms with Crippen LogP contribution < -0.4 is 5.32 Å². The molecule has 3 heteroatoms. The first kappa shape index (κ1) is 17.2. The van der Waals surface area contributed by atoms with Crippen LogP contribution in [0.25, 0.3) is 0 Å². The second kappa shape index (κ2) is 6.97. The Morgan fingerprint density at radius 2 is 2.00 bits per heavy atom. The molecule has 1 unspecified atom stereocenters. The fourth-order valence-corrected chi connectivity index (χ4v) is 3.37. The summed E-state index contributed by atoms with van der Waals surface area (Å²) >= 11 is 0. The van der Waals surface area contributed by atoms with Crippen molar-refractivity contribution in [3.05, 3.63) is 0 Å². The first-order chi connectivity index (χ1) is 9.80. The lowest BCUT2D eigenvalue weighted by Gasteiger charge is -2.43. The van der Waals surface area contributed by atoms with Crippen LogP contribution in [0.4, 0.5) is 0 Å². The molecule has 0 aromatic carbocycles. The fourth-order valence-electron chi connectivity index (χ4n) is 3.37. The van der Waals surface area contributed by atoms with Crippen molar-refractivity contribution >= 4 is 0 Å². The van der Waals surface area contributed by atoms with Gasteiger partial charge in [0.15, 0.2) is 0 Å². The maximum atomic E-state index is 5.89. The number of nitrogens with zero attached hydrogens (tertiary/aromatic N) is 1. The Balaban J connectivity index is 1.99. The molecular formula is C18H36N2O. The van der Waals surface area contributed by atoms with Crippen LogP contribution in [0, 0.1) is 11.3 Å². The molecule has 1 saturated carbocycles. The first-order valence-corrected chi connectivity index (χ1v) is 8.87. The van der Waals surface area contributed by atoms with Gasteiger partial charge in [0.25, 0.3) is 0 Å². The van der Waals surface area contributed by atoms with Gasteiger partial charge < -0.3 is 10.1 Å². The van der Waals surface area contributed by atoms with Crippen molar-refractivity contribution in [2.75, 3.05) is 32.8 Å². The molecule has 2 rings (SSSR count). The highest BCUT2D eigenvalue weighted by molar-refractivity contribution is 4.94. The van der Waals surface area contributed by atoms with E-state index in [4.69, 9.17) is 4.74 Å². The Morgan fingerprint density at radius 3 is 2.48 bits per heavy atom. The zero-order chi connectivity index (χ0) is 15.5. The molecule has 1 heterocycles. The Hall–Kier alpha value is -0.120. The Bertz CT molecular complexity index is 312. The number of rotatable bonds is 7. The quantitative estimate of drug-likeness (QED) is 0.780. The van der Waals surface area contributed by atoms with Crippen LogP contribution >= 0.6 is 0 Å². The van der Waals surface area contributed by atoms with Crippen LogP contribution in [0.1, 0.15) is 60.3 Å². The lowest BCUT2D eigenvalue weighted by atomic mass is 9.81. The minimum Gasteiger partial charge on any atom is -0.381 e. The van der Waals surface area contributed by atoms with E-state index >= 15 is 0 Å². The van der Waals surface area contributed by atoms with Gasteiger partial charge >= 0.3 is 0 Å². The first-order valence-electron chi connectivity index (χ1n) is 8.87. The predicted octanol–water partition coefficient (Wildman–Crippen LogP) is 3.29. The van der Waals surface area contributed by atoms with Gasteiger partial charge in [0.2, 0.25) is 0 Å². The molecule has 2 fully saturated rings. The lowest BCUT2D eigenvalue weighted by molar-refractivity contribution is -0.0316. The molecule has 3 nitrogen and oxygen atoms in total. The van der Waals surface area contributed by atoms with E-state index in [2.05, 4.69) is 44.8 Å². The minimum atomic E-state index is 0.187. The van der Waals surface area contributed by atoms with Crippen LogP contribution in [0.2, 0.25) is 0 Å². The largest absolute Gasteiger partial charge is 0.381 e. The molecule has 0 radical (unpaired) electrons. The minimum absolute atomic E-state index is 0.187. The molecule has 0 bridgehead atoms. The molecule has 124 valence electrons. The van der Waals surface area contributed by atoms with Crippen molar-refractivity contribution in [3.63, 3.8) is 0 Å². The van der Waals surface area contributed by atoms with E-state index in [9.17, 15) is 0 Å². The Labute approximate surface area is 131 Å². The van der Waals surface area contributed by atoms with Crippen LogP contribution in [0.3, 0.4) is 0 Å². The molecule has 0 amide bonds. The summed E-state index contributed by atoms with van der Waals surface area (Å²) < 4.78 is 5.89. The van der Waals surface area contributed by atoms with E-state index in [0.29, 0.717) is 5.41 Å². The van der Waals surface area contributed by atoms with E-state index in [1.807, 2.05) is 0 Å². The number of ether oxygens (including phenoxy) is 1. The predicted molar refractivity (Wildman–Crippen MR) is 89.7 cm³/mol. The highest BCUT2D eigenvalue weighted by Crippen LogP contribution is 2.35. The highest BCUT2D eigenvalue weighted by Gasteiger charge is 2.39. The monoisotopic (exact) mass is 296 g/mol. The fraction of sp³-hybridized carbons (Fsp3) is 1.00. The maximum Gasteiger partial charge on any atom is 0.0546 e. The van der Waals surface area contributed by atoms with Gasteiger partial charge in [0, 0.05) is 43.2 Å². The number of hydrogen-bond acceptors (Lipinski definition) is 3. The molecule has 1 atom stereocenters. The van der Waals surface area contributed by atoms with Crippen molar-refractivity contribution < 1.29 is 4.74 Å². The summed E-state index contributed by atoms with van der Waals surface area (Å²) in [5, 5.41) is 3.74. The van der Waals surface area contributed by atoms with Gasteiger partial charge in [-0.05, 0) is 52.4 Å². The molecule has 0 aromatic rings. The zero-order valence-electron chi connectivity index (χ0n) is 14.9. The second-order valence-corrected chi connectivity index (χ2v) is 8.81. The van der Waals surface area contributed by atoms with Crippen molar-refractivity contribution in [1.82, 2.24) is 10.2 Å². The van der Waals surface area contributed by atoms with Crippen molar-refractivity contribution in [1.29, 1.82) is 0 Å². The summed E-state index contributed by atoms with van der Waals surface area (Å²) in [6.45, 7) is 16.9. The second-order valence-electron chi connectivity index (χ2n) is 8.81. The Morgan fingerprint density at radius 1 is 1.29 bits per heavy atom. The lowest BCUT2D eigenvalue weighted by Crippen LogP contribution is -2.53. The van der Waals surface area contributed by atoms with Gasteiger partial charge in [0.05, 0.1) is 6.61 Å². The molecule has 1 aliphatic heterocycles. The van der Waals surface area contributed by atoms with Crippen LogP contribution in [-0.2, 0) is 4.74 Å². The third kappa shape index (κ3) is 5.88. The molecule has 0 spiro atoms. The SMILES string of the molecule is CC(C)CN(CC1(CNC(C)(C)C)CCCOC1)C1CC1.